The molecule has 0 aliphatic heterocycles. The van der Waals surface area contributed by atoms with E-state index in [0.29, 0.717) is 12.3 Å². The molecule has 0 saturated heterocycles. The fourth-order valence-electron chi connectivity index (χ4n) is 2.30. The van der Waals surface area contributed by atoms with Gasteiger partial charge in [0, 0.05) is 5.88 Å². The van der Waals surface area contributed by atoms with Crippen molar-refractivity contribution in [2.75, 3.05) is 5.88 Å². The van der Waals surface area contributed by atoms with Gasteiger partial charge in [0.25, 0.3) is 0 Å². The first kappa shape index (κ1) is 14.1. The average molecular weight is 275 g/mol. The number of benzene rings is 2. The lowest BCUT2D eigenvalue weighted by Crippen LogP contribution is -2.28. The van der Waals surface area contributed by atoms with Gasteiger partial charge in [-0.2, -0.15) is 0 Å². The molecule has 2 heteroatoms. The van der Waals surface area contributed by atoms with Crippen LogP contribution in [0.3, 0.4) is 0 Å². The van der Waals surface area contributed by atoms with Gasteiger partial charge >= 0.3 is 0 Å². The van der Waals surface area contributed by atoms with E-state index in [1.54, 1.807) is 0 Å². The molecule has 19 heavy (non-hydrogen) atoms. The third-order valence-electron chi connectivity index (χ3n) is 3.69. The minimum absolute atomic E-state index is 0.415. The van der Waals surface area contributed by atoms with Gasteiger partial charge in [-0.05, 0) is 42.5 Å². The van der Waals surface area contributed by atoms with E-state index in [-0.39, 0.29) is 0 Å². The summed E-state index contributed by atoms with van der Waals surface area (Å²) < 4.78 is 0. The Morgan fingerprint density at radius 1 is 0.947 bits per heavy atom. The predicted octanol–water partition coefficient (Wildman–Crippen LogP) is 4.17. The number of halogens is 1. The predicted molar refractivity (Wildman–Crippen MR) is 80.7 cm³/mol. The van der Waals surface area contributed by atoms with Crippen LogP contribution in [0.4, 0.5) is 0 Å². The molecular formula is C17H19ClO. The summed E-state index contributed by atoms with van der Waals surface area (Å²) in [5.41, 5.74) is 3.19. The fraction of sp³-hybridized carbons (Fsp3) is 0.294. The third-order valence-corrected chi connectivity index (χ3v) is 3.88. The highest BCUT2D eigenvalue weighted by Gasteiger charge is 2.30. The second-order valence-corrected chi connectivity index (χ2v) is 5.34. The molecule has 0 bridgehead atoms. The topological polar surface area (TPSA) is 20.2 Å². The van der Waals surface area contributed by atoms with Crippen molar-refractivity contribution in [3.8, 4) is 0 Å². The molecule has 1 N–H and O–H groups in total. The van der Waals surface area contributed by atoms with Crippen LogP contribution in [-0.2, 0) is 5.60 Å². The Kier molecular flexibility index (Phi) is 4.28. The molecule has 0 spiro atoms. The van der Waals surface area contributed by atoms with Crippen LogP contribution in [0.15, 0.2) is 48.5 Å². The van der Waals surface area contributed by atoms with Gasteiger partial charge < -0.3 is 5.11 Å². The van der Waals surface area contributed by atoms with Crippen molar-refractivity contribution in [2.45, 2.75) is 25.9 Å². The van der Waals surface area contributed by atoms with Gasteiger partial charge in [0.1, 0.15) is 5.60 Å². The summed E-state index contributed by atoms with van der Waals surface area (Å²) in [6.07, 6.45) is 0.501. The molecule has 0 saturated carbocycles. The lowest BCUT2D eigenvalue weighted by Gasteiger charge is -2.29. The Morgan fingerprint density at radius 3 is 2.21 bits per heavy atom. The summed E-state index contributed by atoms with van der Waals surface area (Å²) in [4.78, 5) is 0. The molecule has 0 amide bonds. The molecule has 2 rings (SSSR count). The van der Waals surface area contributed by atoms with Crippen molar-refractivity contribution in [2.24, 2.45) is 0 Å². The minimum atomic E-state index is -1.01. The number of hydrogen-bond donors (Lipinski definition) is 1. The lowest BCUT2D eigenvalue weighted by atomic mass is 9.83. The van der Waals surface area contributed by atoms with Gasteiger partial charge in [0.2, 0.25) is 0 Å². The van der Waals surface area contributed by atoms with Crippen molar-refractivity contribution in [3.63, 3.8) is 0 Å². The molecule has 0 aliphatic rings. The quantitative estimate of drug-likeness (QED) is 0.830. The molecule has 2 aromatic carbocycles. The van der Waals surface area contributed by atoms with Crippen molar-refractivity contribution in [3.05, 3.63) is 70.8 Å². The molecule has 100 valence electrons. The summed E-state index contributed by atoms with van der Waals surface area (Å²) in [5.74, 6) is 0.415. The van der Waals surface area contributed by atoms with Gasteiger partial charge in [-0.15, -0.1) is 11.6 Å². The van der Waals surface area contributed by atoms with Gasteiger partial charge in [0.15, 0.2) is 0 Å². The van der Waals surface area contributed by atoms with Crippen LogP contribution in [0.5, 0.6) is 0 Å². The third kappa shape index (κ3) is 2.83. The van der Waals surface area contributed by atoms with E-state index in [0.717, 1.165) is 11.1 Å². The first-order valence-electron chi connectivity index (χ1n) is 6.49. The minimum Gasteiger partial charge on any atom is -0.380 e. The van der Waals surface area contributed by atoms with Crippen LogP contribution in [0.2, 0.25) is 0 Å². The fourth-order valence-corrected chi connectivity index (χ4v) is 2.58. The standard InChI is InChI=1S/C17H19ClO/c1-13-8-9-16(12-14(13)2)17(19,10-11-18)15-6-4-3-5-7-15/h3-9,12,19H,10-11H2,1-2H3. The monoisotopic (exact) mass is 274 g/mol. The summed E-state index contributed by atoms with van der Waals surface area (Å²) in [7, 11) is 0. The van der Waals surface area contributed by atoms with Gasteiger partial charge in [0.05, 0.1) is 0 Å². The zero-order valence-electron chi connectivity index (χ0n) is 11.4. The zero-order chi connectivity index (χ0) is 13.9. The lowest BCUT2D eigenvalue weighted by molar-refractivity contribution is 0.0774. The summed E-state index contributed by atoms with van der Waals surface area (Å²) >= 11 is 5.90. The average Bonchev–Trinajstić information content (AvgIpc) is 2.43. The maximum absolute atomic E-state index is 11.1. The molecule has 0 aliphatic carbocycles. The van der Waals surface area contributed by atoms with Crippen LogP contribution in [0.25, 0.3) is 0 Å². The van der Waals surface area contributed by atoms with Crippen molar-refractivity contribution >= 4 is 11.6 Å². The first-order chi connectivity index (χ1) is 9.08. The summed E-state index contributed by atoms with van der Waals surface area (Å²) in [6.45, 7) is 4.13. The molecule has 2 aromatic rings. The SMILES string of the molecule is Cc1ccc(C(O)(CCCl)c2ccccc2)cc1C. The molecule has 1 atom stereocenters. The Balaban J connectivity index is 2.52. The number of rotatable bonds is 4. The Morgan fingerprint density at radius 2 is 1.63 bits per heavy atom. The van der Waals surface area contributed by atoms with Crippen molar-refractivity contribution in [1.29, 1.82) is 0 Å². The van der Waals surface area contributed by atoms with Gasteiger partial charge in [-0.1, -0.05) is 48.5 Å². The van der Waals surface area contributed by atoms with E-state index in [2.05, 4.69) is 19.9 Å². The van der Waals surface area contributed by atoms with E-state index in [9.17, 15) is 5.11 Å². The maximum Gasteiger partial charge on any atom is 0.116 e. The first-order valence-corrected chi connectivity index (χ1v) is 7.03. The number of hydrogen-bond acceptors (Lipinski definition) is 1. The molecule has 0 radical (unpaired) electrons. The van der Waals surface area contributed by atoms with Crippen molar-refractivity contribution < 1.29 is 5.11 Å². The zero-order valence-corrected chi connectivity index (χ0v) is 12.1. The number of alkyl halides is 1. The van der Waals surface area contributed by atoms with E-state index >= 15 is 0 Å². The Labute approximate surface area is 119 Å². The largest absolute Gasteiger partial charge is 0.380 e. The van der Waals surface area contributed by atoms with E-state index < -0.39 is 5.60 Å². The summed E-state index contributed by atoms with van der Waals surface area (Å²) in [6, 6.07) is 15.8. The summed E-state index contributed by atoms with van der Waals surface area (Å²) in [5, 5.41) is 11.1. The van der Waals surface area contributed by atoms with E-state index in [1.807, 2.05) is 42.5 Å². The molecule has 0 aromatic heterocycles. The van der Waals surface area contributed by atoms with E-state index in [4.69, 9.17) is 11.6 Å². The normalized spacial score (nSPS) is 14.1. The number of aryl methyl sites for hydroxylation is 2. The van der Waals surface area contributed by atoms with Crippen LogP contribution in [0.1, 0.15) is 28.7 Å². The Hall–Kier alpha value is -1.31. The van der Waals surface area contributed by atoms with Crippen LogP contribution in [-0.4, -0.2) is 11.0 Å². The highest BCUT2D eigenvalue weighted by atomic mass is 35.5. The number of aliphatic hydroxyl groups is 1. The molecular weight excluding hydrogens is 256 g/mol. The molecule has 0 heterocycles. The molecule has 1 nitrogen and oxygen atoms in total. The smallest absolute Gasteiger partial charge is 0.116 e. The second-order valence-electron chi connectivity index (χ2n) is 4.96. The van der Waals surface area contributed by atoms with Gasteiger partial charge in [-0.25, -0.2) is 0 Å². The maximum atomic E-state index is 11.1. The molecule has 1 unspecified atom stereocenters. The van der Waals surface area contributed by atoms with Crippen molar-refractivity contribution in [1.82, 2.24) is 0 Å². The highest BCUT2D eigenvalue weighted by Crippen LogP contribution is 2.34. The van der Waals surface area contributed by atoms with E-state index in [1.165, 1.54) is 11.1 Å². The van der Waals surface area contributed by atoms with Crippen LogP contribution < -0.4 is 0 Å². The second kappa shape index (κ2) is 5.77. The van der Waals surface area contributed by atoms with Crippen LogP contribution >= 0.6 is 11.6 Å². The van der Waals surface area contributed by atoms with Crippen LogP contribution in [0, 0.1) is 13.8 Å². The highest BCUT2D eigenvalue weighted by molar-refractivity contribution is 6.17. The van der Waals surface area contributed by atoms with Gasteiger partial charge in [-0.3, -0.25) is 0 Å². The molecule has 0 fully saturated rings. The Bertz CT molecular complexity index is 550.